The molecule has 3 atom stereocenters. The molecule has 0 radical (unpaired) electrons. The van der Waals surface area contributed by atoms with Crippen molar-refractivity contribution in [2.24, 2.45) is 17.6 Å². The second-order valence-electron chi connectivity index (χ2n) is 5.28. The molecule has 17 heavy (non-hydrogen) atoms. The molecule has 0 bridgehead atoms. The lowest BCUT2D eigenvalue weighted by Gasteiger charge is -2.32. The molecule has 1 aromatic rings. The third kappa shape index (κ3) is 3.29. The molecule has 2 rings (SSSR count). The minimum atomic E-state index is -0.112. The highest BCUT2D eigenvalue weighted by molar-refractivity contribution is 9.10. The normalized spacial score (nSPS) is 29.3. The van der Waals surface area contributed by atoms with E-state index in [2.05, 4.69) is 22.9 Å². The summed E-state index contributed by atoms with van der Waals surface area (Å²) in [6, 6.07) is 5.37. The van der Waals surface area contributed by atoms with E-state index in [0.29, 0.717) is 5.92 Å². The first-order chi connectivity index (χ1) is 8.06. The molecule has 1 nitrogen and oxygen atoms in total. The molecule has 1 aromatic carbocycles. The van der Waals surface area contributed by atoms with E-state index in [9.17, 15) is 4.39 Å². The molecule has 1 saturated carbocycles. The lowest BCUT2D eigenvalue weighted by molar-refractivity contribution is 0.243. The number of halogens is 2. The van der Waals surface area contributed by atoms with Crippen molar-refractivity contribution in [2.75, 3.05) is 0 Å². The highest BCUT2D eigenvalue weighted by Gasteiger charge is 2.26. The predicted molar refractivity (Wildman–Crippen MR) is 72.3 cm³/mol. The maximum atomic E-state index is 13.7. The summed E-state index contributed by atoms with van der Waals surface area (Å²) in [5.74, 6) is 1.02. The predicted octanol–water partition coefficient (Wildman–Crippen LogP) is 3.89. The number of hydrogen-bond donors (Lipinski definition) is 1. The third-order valence-electron chi connectivity index (χ3n) is 3.79. The fourth-order valence-corrected chi connectivity index (χ4v) is 3.15. The summed E-state index contributed by atoms with van der Waals surface area (Å²) >= 11 is 3.39. The van der Waals surface area contributed by atoms with Gasteiger partial charge < -0.3 is 5.73 Å². The van der Waals surface area contributed by atoms with Gasteiger partial charge in [-0.25, -0.2) is 4.39 Å². The monoisotopic (exact) mass is 299 g/mol. The van der Waals surface area contributed by atoms with Crippen molar-refractivity contribution in [3.8, 4) is 0 Å². The molecule has 0 spiro atoms. The summed E-state index contributed by atoms with van der Waals surface area (Å²) in [6.45, 7) is 2.26. The van der Waals surface area contributed by atoms with Gasteiger partial charge in [0.1, 0.15) is 5.82 Å². The Hall–Kier alpha value is -0.410. The van der Waals surface area contributed by atoms with Gasteiger partial charge in [-0.15, -0.1) is 0 Å². The zero-order chi connectivity index (χ0) is 12.4. The van der Waals surface area contributed by atoms with Crippen LogP contribution in [0.25, 0.3) is 0 Å². The first-order valence-electron chi connectivity index (χ1n) is 6.25. The first-order valence-corrected chi connectivity index (χ1v) is 7.05. The highest BCUT2D eigenvalue weighted by atomic mass is 79.9. The zero-order valence-electron chi connectivity index (χ0n) is 10.1. The average Bonchev–Trinajstić information content (AvgIpc) is 2.28. The second-order valence-corrected chi connectivity index (χ2v) is 6.20. The molecule has 0 aliphatic heterocycles. The average molecular weight is 300 g/mol. The quantitative estimate of drug-likeness (QED) is 0.881. The fourth-order valence-electron chi connectivity index (χ4n) is 2.74. The van der Waals surface area contributed by atoms with E-state index in [1.54, 1.807) is 6.07 Å². The van der Waals surface area contributed by atoms with Gasteiger partial charge in [0.15, 0.2) is 0 Å². The lowest BCUT2D eigenvalue weighted by atomic mass is 9.76. The number of benzene rings is 1. The van der Waals surface area contributed by atoms with E-state index in [4.69, 9.17) is 5.73 Å². The Bertz CT molecular complexity index is 394. The summed E-state index contributed by atoms with van der Waals surface area (Å²) in [5, 5.41) is 0. The van der Waals surface area contributed by atoms with Crippen LogP contribution >= 0.6 is 15.9 Å². The van der Waals surface area contributed by atoms with Crippen molar-refractivity contribution < 1.29 is 4.39 Å². The number of hydrogen-bond acceptors (Lipinski definition) is 1. The fraction of sp³-hybridized carbons (Fsp3) is 0.571. The molecule has 3 unspecified atom stereocenters. The molecule has 1 aliphatic rings. The Morgan fingerprint density at radius 2 is 2.18 bits per heavy atom. The minimum absolute atomic E-state index is 0.112. The number of rotatable bonds is 2. The molecule has 0 aromatic heterocycles. The molecule has 1 fully saturated rings. The molecule has 1 aliphatic carbocycles. The van der Waals surface area contributed by atoms with Crippen LogP contribution in [0.1, 0.15) is 31.7 Å². The van der Waals surface area contributed by atoms with Crippen molar-refractivity contribution in [2.45, 2.75) is 38.6 Å². The molecule has 0 amide bonds. The molecule has 0 saturated heterocycles. The van der Waals surface area contributed by atoms with Gasteiger partial charge in [-0.05, 0) is 61.3 Å². The zero-order valence-corrected chi connectivity index (χ0v) is 11.7. The SMILES string of the molecule is CC1CCC(N)C(Cc2cc(Br)ccc2F)C1. The lowest BCUT2D eigenvalue weighted by Crippen LogP contribution is -2.36. The van der Waals surface area contributed by atoms with Crippen LogP contribution in [0.15, 0.2) is 22.7 Å². The van der Waals surface area contributed by atoms with Gasteiger partial charge in [0.25, 0.3) is 0 Å². The van der Waals surface area contributed by atoms with Gasteiger partial charge >= 0.3 is 0 Å². The van der Waals surface area contributed by atoms with E-state index in [1.807, 2.05) is 6.07 Å². The maximum absolute atomic E-state index is 13.7. The van der Waals surface area contributed by atoms with E-state index in [-0.39, 0.29) is 11.9 Å². The summed E-state index contributed by atoms with van der Waals surface area (Å²) < 4.78 is 14.6. The highest BCUT2D eigenvalue weighted by Crippen LogP contribution is 2.31. The largest absolute Gasteiger partial charge is 0.327 e. The van der Waals surface area contributed by atoms with Crippen molar-refractivity contribution in [3.05, 3.63) is 34.1 Å². The van der Waals surface area contributed by atoms with Crippen LogP contribution in [-0.2, 0) is 6.42 Å². The Balaban J connectivity index is 2.11. The van der Waals surface area contributed by atoms with Gasteiger partial charge in [0.2, 0.25) is 0 Å². The molecule has 0 heterocycles. The minimum Gasteiger partial charge on any atom is -0.327 e. The van der Waals surface area contributed by atoms with Gasteiger partial charge in [0, 0.05) is 10.5 Å². The van der Waals surface area contributed by atoms with Crippen molar-refractivity contribution in [1.82, 2.24) is 0 Å². The molecule has 94 valence electrons. The summed E-state index contributed by atoms with van der Waals surface area (Å²) in [4.78, 5) is 0. The smallest absolute Gasteiger partial charge is 0.126 e. The van der Waals surface area contributed by atoms with Crippen LogP contribution in [-0.4, -0.2) is 6.04 Å². The topological polar surface area (TPSA) is 26.0 Å². The molecular weight excluding hydrogens is 281 g/mol. The standard InChI is InChI=1S/C14H19BrFN/c1-9-2-5-14(17)11(6-9)7-10-8-12(15)3-4-13(10)16/h3-4,8-9,11,14H,2,5-7,17H2,1H3. The summed E-state index contributed by atoms with van der Waals surface area (Å²) in [5.41, 5.74) is 6.93. The number of nitrogens with two attached hydrogens (primary N) is 1. The molecule has 2 N–H and O–H groups in total. The Labute approximate surface area is 111 Å². The van der Waals surface area contributed by atoms with Crippen molar-refractivity contribution >= 4 is 15.9 Å². The van der Waals surface area contributed by atoms with E-state index in [1.165, 1.54) is 12.5 Å². The van der Waals surface area contributed by atoms with Crippen LogP contribution in [0.3, 0.4) is 0 Å². The van der Waals surface area contributed by atoms with Gasteiger partial charge in [-0.1, -0.05) is 22.9 Å². The van der Waals surface area contributed by atoms with Crippen molar-refractivity contribution in [1.29, 1.82) is 0 Å². The van der Waals surface area contributed by atoms with Crippen molar-refractivity contribution in [3.63, 3.8) is 0 Å². The van der Waals surface area contributed by atoms with E-state index in [0.717, 1.165) is 35.2 Å². The van der Waals surface area contributed by atoms with Crippen LogP contribution < -0.4 is 5.73 Å². The Morgan fingerprint density at radius 1 is 1.41 bits per heavy atom. The van der Waals surface area contributed by atoms with Gasteiger partial charge in [0.05, 0.1) is 0 Å². The molecule has 3 heteroatoms. The third-order valence-corrected chi connectivity index (χ3v) is 4.29. The second kappa shape index (κ2) is 5.49. The first kappa shape index (κ1) is 13.0. The van der Waals surface area contributed by atoms with E-state index < -0.39 is 0 Å². The van der Waals surface area contributed by atoms with Crippen LogP contribution in [0, 0.1) is 17.7 Å². The maximum Gasteiger partial charge on any atom is 0.126 e. The summed E-state index contributed by atoms with van der Waals surface area (Å²) in [6.07, 6.45) is 4.16. The van der Waals surface area contributed by atoms with Crippen LogP contribution in [0.4, 0.5) is 4.39 Å². The van der Waals surface area contributed by atoms with Gasteiger partial charge in [-0.3, -0.25) is 0 Å². The van der Waals surface area contributed by atoms with Gasteiger partial charge in [-0.2, -0.15) is 0 Å². The van der Waals surface area contributed by atoms with Crippen LogP contribution in [0.2, 0.25) is 0 Å². The Kier molecular flexibility index (Phi) is 4.21. The molecular formula is C14H19BrFN. The Morgan fingerprint density at radius 3 is 2.94 bits per heavy atom. The van der Waals surface area contributed by atoms with E-state index >= 15 is 0 Å². The summed E-state index contributed by atoms with van der Waals surface area (Å²) in [7, 11) is 0. The van der Waals surface area contributed by atoms with Crippen LogP contribution in [0.5, 0.6) is 0 Å².